The van der Waals surface area contributed by atoms with Crippen LogP contribution in [-0.4, -0.2) is 18.2 Å². The molecule has 1 heterocycles. The molecule has 0 aliphatic heterocycles. The lowest BCUT2D eigenvalue weighted by molar-refractivity contribution is 0.580. The molecule has 0 unspecified atom stereocenters. The lowest BCUT2D eigenvalue weighted by atomic mass is 10.3. The maximum absolute atomic E-state index is 12.0. The van der Waals surface area contributed by atoms with E-state index in [1.54, 1.807) is 42.2 Å². The quantitative estimate of drug-likeness (QED) is 0.788. The summed E-state index contributed by atoms with van der Waals surface area (Å²) in [5.41, 5.74) is 6.52. The van der Waals surface area contributed by atoms with Crippen LogP contribution in [0.3, 0.4) is 0 Å². The molecule has 18 heavy (non-hydrogen) atoms. The SMILES string of the molecule is Cn1ccc(CNS(=O)(=O)c2ccccc2N)n1. The van der Waals surface area contributed by atoms with Crippen LogP contribution in [0.1, 0.15) is 5.69 Å². The summed E-state index contributed by atoms with van der Waals surface area (Å²) in [4.78, 5) is 0.0842. The van der Waals surface area contributed by atoms with E-state index in [0.29, 0.717) is 5.69 Å². The number of hydrogen-bond donors (Lipinski definition) is 2. The van der Waals surface area contributed by atoms with Crippen molar-refractivity contribution in [2.75, 3.05) is 5.73 Å². The van der Waals surface area contributed by atoms with Gasteiger partial charge in [-0.1, -0.05) is 12.1 Å². The Labute approximate surface area is 105 Å². The molecule has 0 spiro atoms. The van der Waals surface area contributed by atoms with Gasteiger partial charge >= 0.3 is 0 Å². The molecule has 3 N–H and O–H groups in total. The standard InChI is InChI=1S/C11H14N4O2S/c1-15-7-6-9(14-15)8-13-18(16,17)11-5-3-2-4-10(11)12/h2-7,13H,8,12H2,1H3. The number of nitrogens with one attached hydrogen (secondary N) is 1. The first-order chi connectivity index (χ1) is 8.49. The number of aromatic nitrogens is 2. The average Bonchev–Trinajstić information content (AvgIpc) is 2.73. The summed E-state index contributed by atoms with van der Waals surface area (Å²) in [6, 6.07) is 8.08. The van der Waals surface area contributed by atoms with Gasteiger partial charge in [-0.25, -0.2) is 13.1 Å². The molecule has 96 valence electrons. The number of anilines is 1. The number of aryl methyl sites for hydroxylation is 1. The number of para-hydroxylation sites is 1. The van der Waals surface area contributed by atoms with Crippen LogP contribution in [0, 0.1) is 0 Å². The van der Waals surface area contributed by atoms with Gasteiger partial charge in [-0.15, -0.1) is 0 Å². The third kappa shape index (κ3) is 2.69. The van der Waals surface area contributed by atoms with Gasteiger partial charge in [0, 0.05) is 13.2 Å². The second kappa shape index (κ2) is 4.79. The van der Waals surface area contributed by atoms with Crippen molar-refractivity contribution in [1.82, 2.24) is 14.5 Å². The second-order valence-corrected chi connectivity index (χ2v) is 5.58. The fourth-order valence-electron chi connectivity index (χ4n) is 1.53. The Balaban J connectivity index is 2.16. The molecule has 0 saturated heterocycles. The highest BCUT2D eigenvalue weighted by Crippen LogP contribution is 2.16. The summed E-state index contributed by atoms with van der Waals surface area (Å²) in [6.07, 6.45) is 1.75. The van der Waals surface area contributed by atoms with Crippen molar-refractivity contribution in [2.45, 2.75) is 11.4 Å². The van der Waals surface area contributed by atoms with Gasteiger partial charge in [0.25, 0.3) is 0 Å². The predicted molar refractivity (Wildman–Crippen MR) is 68.1 cm³/mol. The Morgan fingerprint density at radius 2 is 2.06 bits per heavy atom. The molecule has 2 rings (SSSR count). The van der Waals surface area contributed by atoms with Crippen LogP contribution < -0.4 is 10.5 Å². The Hall–Kier alpha value is -1.86. The van der Waals surface area contributed by atoms with Gasteiger partial charge in [0.15, 0.2) is 0 Å². The summed E-state index contributed by atoms with van der Waals surface area (Å²) < 4.78 is 28.1. The van der Waals surface area contributed by atoms with Crippen molar-refractivity contribution in [1.29, 1.82) is 0 Å². The van der Waals surface area contributed by atoms with Crippen molar-refractivity contribution >= 4 is 15.7 Å². The summed E-state index contributed by atoms with van der Waals surface area (Å²) in [5, 5.41) is 4.09. The first kappa shape index (κ1) is 12.6. The summed E-state index contributed by atoms with van der Waals surface area (Å²) in [6.45, 7) is 0.136. The van der Waals surface area contributed by atoms with Crippen molar-refractivity contribution in [3.63, 3.8) is 0 Å². The van der Waals surface area contributed by atoms with Crippen molar-refractivity contribution in [3.05, 3.63) is 42.2 Å². The van der Waals surface area contributed by atoms with Gasteiger partial charge in [0.2, 0.25) is 10.0 Å². The van der Waals surface area contributed by atoms with Crippen LogP contribution in [-0.2, 0) is 23.6 Å². The van der Waals surface area contributed by atoms with Gasteiger partial charge < -0.3 is 5.73 Å². The molecule has 0 aliphatic carbocycles. The molecule has 7 heteroatoms. The molecule has 1 aromatic heterocycles. The fourth-order valence-corrected chi connectivity index (χ4v) is 2.66. The molecule has 0 fully saturated rings. The van der Waals surface area contributed by atoms with Crippen LogP contribution in [0.25, 0.3) is 0 Å². The molecule has 2 aromatic rings. The minimum absolute atomic E-state index is 0.0842. The van der Waals surface area contributed by atoms with E-state index in [1.807, 2.05) is 0 Å². The molecular weight excluding hydrogens is 252 g/mol. The lowest BCUT2D eigenvalue weighted by Gasteiger charge is -2.07. The average molecular weight is 266 g/mol. The van der Waals surface area contributed by atoms with E-state index in [0.717, 1.165) is 0 Å². The summed E-state index contributed by atoms with van der Waals surface area (Å²) >= 11 is 0. The zero-order valence-electron chi connectivity index (χ0n) is 9.87. The molecule has 0 saturated carbocycles. The van der Waals surface area contributed by atoms with E-state index in [-0.39, 0.29) is 17.1 Å². The number of nitrogens with two attached hydrogens (primary N) is 1. The van der Waals surface area contributed by atoms with Gasteiger partial charge in [0.05, 0.1) is 17.9 Å². The van der Waals surface area contributed by atoms with Crippen molar-refractivity contribution < 1.29 is 8.42 Å². The molecule has 0 aliphatic rings. The molecule has 6 nitrogen and oxygen atoms in total. The van der Waals surface area contributed by atoms with Crippen molar-refractivity contribution in [3.8, 4) is 0 Å². The molecule has 0 atom stereocenters. The monoisotopic (exact) mass is 266 g/mol. The smallest absolute Gasteiger partial charge is 0.242 e. The number of nitrogens with zero attached hydrogens (tertiary/aromatic N) is 2. The molecular formula is C11H14N4O2S. The number of rotatable bonds is 4. The van der Waals surface area contributed by atoms with Gasteiger partial charge in [0.1, 0.15) is 4.90 Å². The Morgan fingerprint density at radius 1 is 1.33 bits per heavy atom. The first-order valence-corrected chi connectivity index (χ1v) is 6.80. The van der Waals surface area contributed by atoms with E-state index in [1.165, 1.54) is 6.07 Å². The highest BCUT2D eigenvalue weighted by atomic mass is 32.2. The van der Waals surface area contributed by atoms with E-state index in [4.69, 9.17) is 5.73 Å². The zero-order chi connectivity index (χ0) is 13.2. The second-order valence-electron chi connectivity index (χ2n) is 3.84. The highest BCUT2D eigenvalue weighted by Gasteiger charge is 2.16. The van der Waals surface area contributed by atoms with Crippen LogP contribution >= 0.6 is 0 Å². The van der Waals surface area contributed by atoms with Crippen LogP contribution in [0.5, 0.6) is 0 Å². The molecule has 0 amide bonds. The number of sulfonamides is 1. The molecule has 0 bridgehead atoms. The minimum atomic E-state index is -3.60. The minimum Gasteiger partial charge on any atom is -0.398 e. The van der Waals surface area contributed by atoms with Crippen LogP contribution in [0.15, 0.2) is 41.4 Å². The van der Waals surface area contributed by atoms with Gasteiger partial charge in [-0.2, -0.15) is 5.10 Å². The zero-order valence-corrected chi connectivity index (χ0v) is 10.7. The fraction of sp³-hybridized carbons (Fsp3) is 0.182. The van der Waals surface area contributed by atoms with Gasteiger partial charge in [-0.05, 0) is 18.2 Å². The maximum Gasteiger partial charge on any atom is 0.242 e. The summed E-state index contributed by atoms with van der Waals surface area (Å²) in [7, 11) is -1.83. The van der Waals surface area contributed by atoms with E-state index < -0.39 is 10.0 Å². The van der Waals surface area contributed by atoms with E-state index >= 15 is 0 Å². The normalized spacial score (nSPS) is 11.6. The number of benzene rings is 1. The predicted octanol–water partition coefficient (Wildman–Crippen LogP) is 0.481. The van der Waals surface area contributed by atoms with Crippen LogP contribution in [0.4, 0.5) is 5.69 Å². The maximum atomic E-state index is 12.0. The highest BCUT2D eigenvalue weighted by molar-refractivity contribution is 7.89. The third-order valence-corrected chi connectivity index (χ3v) is 3.90. The van der Waals surface area contributed by atoms with Crippen molar-refractivity contribution in [2.24, 2.45) is 7.05 Å². The topological polar surface area (TPSA) is 90.0 Å². The van der Waals surface area contributed by atoms with E-state index in [9.17, 15) is 8.42 Å². The largest absolute Gasteiger partial charge is 0.398 e. The first-order valence-electron chi connectivity index (χ1n) is 5.32. The Morgan fingerprint density at radius 3 is 2.67 bits per heavy atom. The Bertz CT molecular complexity index is 649. The van der Waals surface area contributed by atoms with Gasteiger partial charge in [-0.3, -0.25) is 4.68 Å². The lowest BCUT2D eigenvalue weighted by Crippen LogP contribution is -2.24. The summed E-state index contributed by atoms with van der Waals surface area (Å²) in [5.74, 6) is 0. The third-order valence-electron chi connectivity index (χ3n) is 2.42. The number of nitrogen functional groups attached to an aromatic ring is 1. The van der Waals surface area contributed by atoms with E-state index in [2.05, 4.69) is 9.82 Å². The molecule has 1 aromatic carbocycles. The Kier molecular flexibility index (Phi) is 3.35. The number of hydrogen-bond acceptors (Lipinski definition) is 4. The molecule has 0 radical (unpaired) electrons. The van der Waals surface area contributed by atoms with Crippen LogP contribution in [0.2, 0.25) is 0 Å².